The van der Waals surface area contributed by atoms with E-state index in [9.17, 15) is 9.18 Å². The van der Waals surface area contributed by atoms with Gasteiger partial charge in [0.05, 0.1) is 11.2 Å². The van der Waals surface area contributed by atoms with Crippen molar-refractivity contribution in [1.29, 1.82) is 0 Å². The Bertz CT molecular complexity index is 703. The Morgan fingerprint density at radius 1 is 1.32 bits per heavy atom. The number of aromatic nitrogens is 1. The molecule has 5 nitrogen and oxygen atoms in total. The highest BCUT2D eigenvalue weighted by Crippen LogP contribution is 2.22. The second kappa shape index (κ2) is 8.40. The summed E-state index contributed by atoms with van der Waals surface area (Å²) in [7, 11) is 0. The Balaban J connectivity index is 2.05. The zero-order valence-electron chi connectivity index (χ0n) is 14.8. The third kappa shape index (κ3) is 4.76. The SMILES string of the molecule is CCC(CC)(CN)NC(=O)c1sc(COc2ccc(F)cc2)nc1C. The van der Waals surface area contributed by atoms with Crippen LogP contribution in [0.25, 0.3) is 0 Å². The molecule has 0 saturated heterocycles. The van der Waals surface area contributed by atoms with Gasteiger partial charge in [-0.1, -0.05) is 13.8 Å². The molecule has 1 aromatic carbocycles. The van der Waals surface area contributed by atoms with E-state index < -0.39 is 5.54 Å². The molecule has 0 fully saturated rings. The fourth-order valence-corrected chi connectivity index (χ4v) is 3.34. The Labute approximate surface area is 151 Å². The Morgan fingerprint density at radius 2 is 1.96 bits per heavy atom. The lowest BCUT2D eigenvalue weighted by Gasteiger charge is -2.31. The lowest BCUT2D eigenvalue weighted by atomic mass is 9.93. The van der Waals surface area contributed by atoms with Crippen LogP contribution >= 0.6 is 11.3 Å². The molecule has 1 amide bonds. The second-order valence-electron chi connectivity index (χ2n) is 5.91. The average Bonchev–Trinajstić information content (AvgIpc) is 3.00. The number of hydrogen-bond acceptors (Lipinski definition) is 5. The van der Waals surface area contributed by atoms with Crippen molar-refractivity contribution >= 4 is 17.2 Å². The van der Waals surface area contributed by atoms with Crippen LogP contribution in [0.3, 0.4) is 0 Å². The minimum atomic E-state index is -0.391. The molecule has 136 valence electrons. The number of carbonyl (C=O) groups excluding carboxylic acids is 1. The van der Waals surface area contributed by atoms with E-state index in [4.69, 9.17) is 10.5 Å². The molecule has 2 rings (SSSR count). The van der Waals surface area contributed by atoms with Crippen molar-refractivity contribution in [2.75, 3.05) is 6.54 Å². The fraction of sp³-hybridized carbons (Fsp3) is 0.444. The van der Waals surface area contributed by atoms with Crippen molar-refractivity contribution < 1.29 is 13.9 Å². The summed E-state index contributed by atoms with van der Waals surface area (Å²) >= 11 is 1.30. The predicted molar refractivity (Wildman–Crippen MR) is 97.4 cm³/mol. The van der Waals surface area contributed by atoms with Gasteiger partial charge in [-0.25, -0.2) is 9.37 Å². The maximum Gasteiger partial charge on any atom is 0.263 e. The molecule has 2 aromatic rings. The second-order valence-corrected chi connectivity index (χ2v) is 6.99. The van der Waals surface area contributed by atoms with Gasteiger partial charge in [0.15, 0.2) is 0 Å². The highest BCUT2D eigenvalue weighted by atomic mass is 32.1. The number of nitrogens with zero attached hydrogens (tertiary/aromatic N) is 1. The van der Waals surface area contributed by atoms with Crippen LogP contribution in [0.2, 0.25) is 0 Å². The molecule has 0 aliphatic rings. The van der Waals surface area contributed by atoms with Crippen molar-refractivity contribution in [2.45, 2.75) is 45.8 Å². The van der Waals surface area contributed by atoms with E-state index in [0.717, 1.165) is 12.8 Å². The lowest BCUT2D eigenvalue weighted by Crippen LogP contribution is -2.52. The van der Waals surface area contributed by atoms with Gasteiger partial charge in [-0.2, -0.15) is 0 Å². The summed E-state index contributed by atoms with van der Waals surface area (Å²) in [6.45, 7) is 6.45. The third-order valence-corrected chi connectivity index (χ3v) is 5.48. The highest BCUT2D eigenvalue weighted by molar-refractivity contribution is 7.13. The zero-order valence-corrected chi connectivity index (χ0v) is 15.6. The summed E-state index contributed by atoms with van der Waals surface area (Å²) in [4.78, 5) is 17.6. The number of benzene rings is 1. The zero-order chi connectivity index (χ0) is 18.4. The van der Waals surface area contributed by atoms with Crippen LogP contribution in [0.1, 0.15) is 47.1 Å². The minimum Gasteiger partial charge on any atom is -0.486 e. The minimum absolute atomic E-state index is 0.155. The molecule has 7 heteroatoms. The summed E-state index contributed by atoms with van der Waals surface area (Å²) < 4.78 is 18.5. The maximum atomic E-state index is 12.9. The average molecular weight is 365 g/mol. The number of nitrogens with one attached hydrogen (secondary N) is 1. The summed E-state index contributed by atoms with van der Waals surface area (Å²) in [6, 6.07) is 5.79. The van der Waals surface area contributed by atoms with Crippen LogP contribution in [0.4, 0.5) is 4.39 Å². The highest BCUT2D eigenvalue weighted by Gasteiger charge is 2.28. The summed E-state index contributed by atoms with van der Waals surface area (Å²) in [5.41, 5.74) is 6.12. The topological polar surface area (TPSA) is 77.2 Å². The molecule has 1 aromatic heterocycles. The van der Waals surface area contributed by atoms with Gasteiger partial charge in [-0.05, 0) is 44.0 Å². The largest absolute Gasteiger partial charge is 0.486 e. The van der Waals surface area contributed by atoms with Crippen molar-refractivity contribution in [3.63, 3.8) is 0 Å². The van der Waals surface area contributed by atoms with Gasteiger partial charge in [-0.3, -0.25) is 4.79 Å². The van der Waals surface area contributed by atoms with Crippen LogP contribution < -0.4 is 15.8 Å². The number of halogens is 1. The van der Waals surface area contributed by atoms with Gasteiger partial charge in [0.1, 0.15) is 28.1 Å². The first-order chi connectivity index (χ1) is 11.9. The molecule has 0 unspecified atom stereocenters. The van der Waals surface area contributed by atoms with Gasteiger partial charge >= 0.3 is 0 Å². The molecule has 0 aliphatic heterocycles. The summed E-state index contributed by atoms with van der Waals surface area (Å²) in [6.07, 6.45) is 1.54. The number of nitrogens with two attached hydrogens (primary N) is 1. The molecule has 0 bridgehead atoms. The molecule has 0 aliphatic carbocycles. The van der Waals surface area contributed by atoms with Crippen LogP contribution in [0, 0.1) is 12.7 Å². The van der Waals surface area contributed by atoms with Crippen molar-refractivity contribution in [3.8, 4) is 5.75 Å². The first kappa shape index (κ1) is 19.3. The van der Waals surface area contributed by atoms with Gasteiger partial charge in [-0.15, -0.1) is 11.3 Å². The molecule has 0 atom stereocenters. The molecule has 0 saturated carbocycles. The predicted octanol–water partition coefficient (Wildman–Crippen LogP) is 3.42. The third-order valence-electron chi connectivity index (χ3n) is 4.35. The maximum absolute atomic E-state index is 12.9. The van der Waals surface area contributed by atoms with Crippen LogP contribution in [-0.4, -0.2) is 23.0 Å². The first-order valence-electron chi connectivity index (χ1n) is 8.30. The van der Waals surface area contributed by atoms with Crippen LogP contribution in [-0.2, 0) is 6.61 Å². The van der Waals surface area contributed by atoms with E-state index in [1.807, 2.05) is 13.8 Å². The van der Waals surface area contributed by atoms with Gasteiger partial charge in [0.25, 0.3) is 5.91 Å². The fourth-order valence-electron chi connectivity index (χ4n) is 2.46. The molecule has 1 heterocycles. The van der Waals surface area contributed by atoms with Gasteiger partial charge in [0, 0.05) is 6.54 Å². The number of ether oxygens (including phenoxy) is 1. The number of hydrogen-bond donors (Lipinski definition) is 2. The van der Waals surface area contributed by atoms with E-state index in [1.54, 1.807) is 19.1 Å². The number of rotatable bonds is 8. The standard InChI is InChI=1S/C18H24FN3O2S/c1-4-18(5-2,11-20)22-17(23)16-12(3)21-15(25-16)10-24-14-8-6-13(19)7-9-14/h6-9H,4-5,10-11,20H2,1-3H3,(H,22,23). The van der Waals surface area contributed by atoms with E-state index in [1.165, 1.54) is 23.5 Å². The Hall–Kier alpha value is -1.99. The van der Waals surface area contributed by atoms with Crippen molar-refractivity contribution in [2.24, 2.45) is 5.73 Å². The van der Waals surface area contributed by atoms with E-state index in [-0.39, 0.29) is 18.3 Å². The smallest absolute Gasteiger partial charge is 0.263 e. The van der Waals surface area contributed by atoms with Crippen molar-refractivity contribution in [1.82, 2.24) is 10.3 Å². The Kier molecular flexibility index (Phi) is 6.50. The van der Waals surface area contributed by atoms with Crippen LogP contribution in [0.5, 0.6) is 5.75 Å². The molecular weight excluding hydrogens is 341 g/mol. The number of thiazole rings is 1. The molecule has 25 heavy (non-hydrogen) atoms. The molecule has 3 N–H and O–H groups in total. The van der Waals surface area contributed by atoms with Gasteiger partial charge < -0.3 is 15.8 Å². The lowest BCUT2D eigenvalue weighted by molar-refractivity contribution is 0.0898. The quantitative estimate of drug-likeness (QED) is 0.751. The monoisotopic (exact) mass is 365 g/mol. The van der Waals surface area contributed by atoms with Crippen molar-refractivity contribution in [3.05, 3.63) is 45.7 Å². The van der Waals surface area contributed by atoms with E-state index in [0.29, 0.717) is 27.9 Å². The summed E-state index contributed by atoms with van der Waals surface area (Å²) in [5.74, 6) is 0.0863. The molecular formula is C18H24FN3O2S. The summed E-state index contributed by atoms with van der Waals surface area (Å²) in [5, 5.41) is 3.75. The Morgan fingerprint density at radius 3 is 2.52 bits per heavy atom. The van der Waals surface area contributed by atoms with E-state index >= 15 is 0 Å². The number of aryl methyl sites for hydroxylation is 1. The molecule has 0 radical (unpaired) electrons. The molecule has 0 spiro atoms. The first-order valence-corrected chi connectivity index (χ1v) is 9.12. The van der Waals surface area contributed by atoms with Crippen LogP contribution in [0.15, 0.2) is 24.3 Å². The number of amides is 1. The van der Waals surface area contributed by atoms with Gasteiger partial charge in [0.2, 0.25) is 0 Å². The number of carbonyl (C=O) groups is 1. The van der Waals surface area contributed by atoms with E-state index in [2.05, 4.69) is 10.3 Å². The normalized spacial score (nSPS) is 11.4.